The highest BCUT2D eigenvalue weighted by Gasteiger charge is 2.49. The van der Waals surface area contributed by atoms with Gasteiger partial charge in [-0.1, -0.05) is 50.2 Å². The summed E-state index contributed by atoms with van der Waals surface area (Å²) >= 11 is 0. The third-order valence-corrected chi connectivity index (χ3v) is 17.6. The summed E-state index contributed by atoms with van der Waals surface area (Å²) in [5.41, 5.74) is 5.52. The van der Waals surface area contributed by atoms with Crippen molar-refractivity contribution in [1.29, 1.82) is 0 Å². The van der Waals surface area contributed by atoms with Crippen LogP contribution in [0.2, 0.25) is 0 Å². The largest absolute Gasteiger partial charge is 0.393 e. The first kappa shape index (κ1) is 45.4. The van der Waals surface area contributed by atoms with Crippen LogP contribution in [0.5, 0.6) is 0 Å². The van der Waals surface area contributed by atoms with Gasteiger partial charge in [-0.25, -0.2) is 0 Å². The molecule has 2 heterocycles. The van der Waals surface area contributed by atoms with E-state index in [-0.39, 0.29) is 41.7 Å². The molecule has 0 aromatic carbocycles. The van der Waals surface area contributed by atoms with E-state index in [9.17, 15) is 24.9 Å². The number of quaternary nitrogens is 2. The second-order valence-corrected chi connectivity index (χ2v) is 21.2. The zero-order valence-corrected chi connectivity index (χ0v) is 36.9. The van der Waals surface area contributed by atoms with Crippen molar-refractivity contribution < 1.29 is 40.3 Å². The molecule has 4 saturated carbocycles. The molecule has 1 spiro atoms. The number of ketones is 2. The van der Waals surface area contributed by atoms with Crippen LogP contribution >= 0.6 is 0 Å². The minimum Gasteiger partial charge on any atom is -0.393 e. The van der Waals surface area contributed by atoms with E-state index in [0.29, 0.717) is 98.7 Å². The summed E-state index contributed by atoms with van der Waals surface area (Å²) in [6, 6.07) is 0.481. The lowest BCUT2D eigenvalue weighted by Gasteiger charge is -2.41. The minimum absolute atomic E-state index is 0.0754. The fourth-order valence-electron chi connectivity index (χ4n) is 13.7. The average molecular weight is 822 g/mol. The molecule has 0 aromatic rings. The molecule has 59 heavy (non-hydrogen) atoms. The van der Waals surface area contributed by atoms with Crippen molar-refractivity contribution in [2.24, 2.45) is 70.3 Å². The standard InChI is InChI=1S/C50H81N3O6/c1-3-35-31-53-49(51)29-43(35)37(12-11-32-7-5-4-6-8-32)25-40(54)16-13-36-20-22-50(47(57)18-15-38-26-46(59-2)45(56)28-42(36)38)21-19-33(24-48(50)58)9-10-34-23-39-14-17-41(55)27-44(39)52-30-34/h11-12,32-40,42-46,48-49,52-54,56,58H,3-10,13-19,21,23-31,51H2,1-2H3/p+2. The molecule has 5 aliphatic carbocycles. The third-order valence-electron chi connectivity index (χ3n) is 17.6. The summed E-state index contributed by atoms with van der Waals surface area (Å²) in [4.78, 5) is 26.4. The Bertz CT molecular complexity index is 1470. The van der Waals surface area contributed by atoms with Gasteiger partial charge >= 0.3 is 0 Å². The SMILES string of the molecule is CCC1C[NH2+]C(N)CC1C(C=CC1CCCCC1)CC(O)CCC1C#CC2(CCC(CCC3C[NH2+]C4CC(=O)CCC4C3)CC2O)C(=O)CCC2CC(OC)C(O)CC12. The number of piperidine rings is 2. The molecule has 2 saturated heterocycles. The van der Waals surface area contributed by atoms with Crippen molar-refractivity contribution in [3.63, 3.8) is 0 Å². The van der Waals surface area contributed by atoms with E-state index in [1.165, 1.54) is 38.5 Å². The van der Waals surface area contributed by atoms with Crippen LogP contribution in [0.25, 0.3) is 0 Å². The lowest BCUT2D eigenvalue weighted by Crippen LogP contribution is -2.96. The maximum atomic E-state index is 14.3. The summed E-state index contributed by atoms with van der Waals surface area (Å²) in [5.74, 6) is 11.6. The smallest absolute Gasteiger partial charge is 0.153 e. The number of ether oxygens (including phenoxy) is 1. The van der Waals surface area contributed by atoms with Crippen LogP contribution in [-0.2, 0) is 14.3 Å². The Kier molecular flexibility index (Phi) is 16.3. The van der Waals surface area contributed by atoms with E-state index in [1.54, 1.807) is 7.11 Å². The Morgan fingerprint density at radius 1 is 0.915 bits per heavy atom. The number of allylic oxidation sites excluding steroid dienone is 2. The van der Waals surface area contributed by atoms with Crippen LogP contribution in [0.3, 0.4) is 0 Å². The van der Waals surface area contributed by atoms with E-state index in [2.05, 4.69) is 41.6 Å². The number of aliphatic hydroxyl groups excluding tert-OH is 3. The normalized spacial score (nSPS) is 42.2. The van der Waals surface area contributed by atoms with Gasteiger partial charge in [-0.2, -0.15) is 0 Å². The quantitative estimate of drug-likeness (QED) is 0.115. The van der Waals surface area contributed by atoms with E-state index >= 15 is 0 Å². The van der Waals surface area contributed by atoms with Crippen molar-refractivity contribution in [1.82, 2.24) is 0 Å². The van der Waals surface area contributed by atoms with Gasteiger partial charge in [-0.3, -0.25) is 15.3 Å². The van der Waals surface area contributed by atoms with Gasteiger partial charge in [-0.15, -0.1) is 0 Å². The Morgan fingerprint density at radius 3 is 2.49 bits per heavy atom. The maximum Gasteiger partial charge on any atom is 0.153 e. The molecule has 0 radical (unpaired) electrons. The van der Waals surface area contributed by atoms with Gasteiger partial charge in [0.2, 0.25) is 0 Å². The second-order valence-electron chi connectivity index (χ2n) is 21.2. The molecule has 7 aliphatic rings. The molecule has 9 nitrogen and oxygen atoms in total. The molecule has 0 amide bonds. The number of nitrogens with two attached hydrogens (primary N) is 3. The number of carbonyl (C=O) groups is 2. The molecule has 0 aromatic heterocycles. The second kappa shape index (κ2) is 21.2. The van der Waals surface area contributed by atoms with E-state index < -0.39 is 23.7 Å². The maximum absolute atomic E-state index is 14.3. The summed E-state index contributed by atoms with van der Waals surface area (Å²) in [7, 11) is 1.67. The van der Waals surface area contributed by atoms with Crippen LogP contribution in [0.15, 0.2) is 12.2 Å². The van der Waals surface area contributed by atoms with Crippen LogP contribution in [0.1, 0.15) is 155 Å². The number of methoxy groups -OCH3 is 1. The summed E-state index contributed by atoms with van der Waals surface area (Å²) in [6.45, 7) is 4.45. The highest BCUT2D eigenvalue weighted by Crippen LogP contribution is 2.47. The van der Waals surface area contributed by atoms with E-state index in [1.807, 2.05) is 0 Å². The van der Waals surface area contributed by atoms with Crippen LogP contribution in [0.4, 0.5) is 0 Å². The number of aliphatic hydroxyl groups is 3. The lowest BCUT2D eigenvalue weighted by atomic mass is 9.64. The topological polar surface area (TPSA) is 163 Å². The first-order valence-corrected chi connectivity index (χ1v) is 24.8. The van der Waals surface area contributed by atoms with Crippen molar-refractivity contribution >= 4 is 11.6 Å². The Labute approximate surface area is 356 Å². The molecule has 2 aliphatic heterocycles. The van der Waals surface area contributed by atoms with Gasteiger partial charge in [0.15, 0.2) is 5.78 Å². The summed E-state index contributed by atoms with van der Waals surface area (Å²) in [6.07, 6.45) is 24.2. The van der Waals surface area contributed by atoms with Crippen LogP contribution < -0.4 is 16.4 Å². The Hall–Kier alpha value is -1.64. The number of rotatable bonds is 13. The predicted molar refractivity (Wildman–Crippen MR) is 230 cm³/mol. The van der Waals surface area contributed by atoms with Gasteiger partial charge in [0.25, 0.3) is 0 Å². The first-order valence-electron chi connectivity index (χ1n) is 24.8. The molecule has 7 rings (SSSR count). The van der Waals surface area contributed by atoms with Gasteiger partial charge in [0.05, 0.1) is 50.0 Å². The zero-order chi connectivity index (χ0) is 41.5. The number of fused-ring (bicyclic) bond motifs is 2. The van der Waals surface area contributed by atoms with Crippen molar-refractivity contribution in [3.05, 3.63) is 12.2 Å². The van der Waals surface area contributed by atoms with Crippen molar-refractivity contribution in [3.8, 4) is 11.8 Å². The number of hydrogen-bond donors (Lipinski definition) is 6. The van der Waals surface area contributed by atoms with Crippen LogP contribution in [0, 0.1) is 76.4 Å². The molecule has 0 bridgehead atoms. The molecule has 9 heteroatoms. The van der Waals surface area contributed by atoms with Crippen molar-refractivity contribution in [2.45, 2.75) is 191 Å². The lowest BCUT2D eigenvalue weighted by molar-refractivity contribution is -0.711. The van der Waals surface area contributed by atoms with E-state index in [4.69, 9.17) is 10.5 Å². The number of hydrogen-bond acceptors (Lipinski definition) is 7. The Morgan fingerprint density at radius 2 is 1.71 bits per heavy atom. The van der Waals surface area contributed by atoms with Gasteiger partial charge < -0.3 is 30.7 Å². The zero-order valence-electron chi connectivity index (χ0n) is 36.9. The molecular weight excluding hydrogens is 739 g/mol. The number of carbonyl (C=O) groups excluding carboxylic acids is 2. The van der Waals surface area contributed by atoms with Crippen molar-refractivity contribution in [2.75, 3.05) is 20.2 Å². The monoisotopic (exact) mass is 822 g/mol. The minimum atomic E-state index is -1.04. The van der Waals surface area contributed by atoms with Gasteiger partial charge in [-0.05, 0) is 138 Å². The molecule has 332 valence electrons. The molecule has 16 unspecified atom stereocenters. The highest BCUT2D eigenvalue weighted by atomic mass is 16.5. The molecule has 6 fully saturated rings. The molecular formula is C50H83N3O6+2. The van der Waals surface area contributed by atoms with Gasteiger partial charge in [0.1, 0.15) is 17.4 Å². The summed E-state index contributed by atoms with van der Waals surface area (Å²) < 4.78 is 5.76. The van der Waals surface area contributed by atoms with Gasteiger partial charge in [0, 0.05) is 50.0 Å². The fourth-order valence-corrected chi connectivity index (χ4v) is 13.7. The first-order chi connectivity index (χ1) is 28.5. The highest BCUT2D eigenvalue weighted by molar-refractivity contribution is 5.89. The predicted octanol–water partition coefficient (Wildman–Crippen LogP) is 4.80. The van der Waals surface area contributed by atoms with Crippen LogP contribution in [-0.4, -0.2) is 83.7 Å². The third kappa shape index (κ3) is 11.3. The molecule has 9 N–H and O–H groups in total. The fraction of sp³-hybridized carbons (Fsp3) is 0.880. The average Bonchev–Trinajstić information content (AvgIpc) is 3.29. The number of Topliss-reactive ketones (excluding diaryl/α,β-unsaturated/α-hetero) is 2. The molecule has 16 atom stereocenters. The Balaban J connectivity index is 1.03. The van der Waals surface area contributed by atoms with E-state index in [0.717, 1.165) is 70.9 Å². The summed E-state index contributed by atoms with van der Waals surface area (Å²) in [5, 5.41) is 39.9.